The van der Waals surface area contributed by atoms with Crippen molar-refractivity contribution in [2.45, 2.75) is 50.9 Å². The van der Waals surface area contributed by atoms with E-state index in [0.29, 0.717) is 47.7 Å². The Bertz CT molecular complexity index is 1100. The van der Waals surface area contributed by atoms with E-state index in [1.165, 1.54) is 0 Å². The molecule has 2 heterocycles. The molecule has 2 N–H and O–H groups in total. The third-order valence-electron chi connectivity index (χ3n) is 6.38. The number of anilines is 2. The minimum Gasteiger partial charge on any atom is -0.497 e. The van der Waals surface area contributed by atoms with Gasteiger partial charge in [-0.3, -0.25) is 14.4 Å². The van der Waals surface area contributed by atoms with Crippen molar-refractivity contribution < 1.29 is 28.6 Å². The summed E-state index contributed by atoms with van der Waals surface area (Å²) in [5.41, 5.74) is 1.62. The van der Waals surface area contributed by atoms with Gasteiger partial charge in [0.2, 0.25) is 11.8 Å². The molecule has 1 fully saturated rings. The summed E-state index contributed by atoms with van der Waals surface area (Å²) in [6.07, 6.45) is 1.24. The van der Waals surface area contributed by atoms with Crippen LogP contribution in [-0.2, 0) is 14.3 Å². The predicted molar refractivity (Wildman–Crippen MR) is 131 cm³/mol. The van der Waals surface area contributed by atoms with Crippen LogP contribution in [0, 0.1) is 0 Å². The van der Waals surface area contributed by atoms with Crippen molar-refractivity contribution in [2.24, 2.45) is 0 Å². The Morgan fingerprint density at radius 1 is 1.09 bits per heavy atom. The third-order valence-corrected chi connectivity index (χ3v) is 6.38. The lowest BCUT2D eigenvalue weighted by molar-refractivity contribution is -0.130. The average molecular weight is 482 g/mol. The molecular formula is C26H31N3O6. The van der Waals surface area contributed by atoms with Gasteiger partial charge in [-0.2, -0.15) is 0 Å². The zero-order valence-electron chi connectivity index (χ0n) is 20.2. The second kappa shape index (κ2) is 10.8. The van der Waals surface area contributed by atoms with E-state index >= 15 is 0 Å². The first-order valence-electron chi connectivity index (χ1n) is 11.8. The van der Waals surface area contributed by atoms with Gasteiger partial charge in [0.15, 0.2) is 0 Å². The fourth-order valence-electron chi connectivity index (χ4n) is 4.47. The number of nitrogens with one attached hydrogen (secondary N) is 2. The van der Waals surface area contributed by atoms with Crippen LogP contribution in [0.2, 0.25) is 0 Å². The van der Waals surface area contributed by atoms with Gasteiger partial charge in [0.1, 0.15) is 24.2 Å². The second-order valence-corrected chi connectivity index (χ2v) is 8.77. The summed E-state index contributed by atoms with van der Waals surface area (Å²) >= 11 is 0. The van der Waals surface area contributed by atoms with Crippen molar-refractivity contribution in [3.63, 3.8) is 0 Å². The van der Waals surface area contributed by atoms with E-state index < -0.39 is 0 Å². The smallest absolute Gasteiger partial charge is 0.257 e. The fourth-order valence-corrected chi connectivity index (χ4v) is 4.47. The van der Waals surface area contributed by atoms with E-state index in [-0.39, 0.29) is 49.0 Å². The molecule has 186 valence electrons. The number of hydrogen-bond donors (Lipinski definition) is 2. The van der Waals surface area contributed by atoms with Gasteiger partial charge in [-0.1, -0.05) is 13.0 Å². The first kappa shape index (κ1) is 24.5. The Morgan fingerprint density at radius 3 is 2.63 bits per heavy atom. The van der Waals surface area contributed by atoms with E-state index in [0.717, 1.165) is 0 Å². The Hall–Kier alpha value is -3.59. The molecular weight excluding hydrogens is 450 g/mol. The molecule has 9 heteroatoms. The standard InChI is InChI=1S/C26H31N3O6/c1-4-24(30)27-17-8-11-22-20(13-17)26(32)29(2)21-10-9-19(35-23(21)15-34-22)14-25(31)28-16-6-5-7-18(12-16)33-3/h5-8,11-13,19,21,23H,4,9-10,14-15H2,1-3H3,(H,27,30)(H,28,31)/t19-,21+,23+/m0/s1. The molecule has 1 saturated heterocycles. The monoisotopic (exact) mass is 481 g/mol. The molecule has 0 spiro atoms. The van der Waals surface area contributed by atoms with Crippen LogP contribution in [0.25, 0.3) is 0 Å². The van der Waals surface area contributed by atoms with Gasteiger partial charge in [-0.15, -0.1) is 0 Å². The highest BCUT2D eigenvalue weighted by Gasteiger charge is 2.39. The van der Waals surface area contributed by atoms with Gasteiger partial charge in [0.25, 0.3) is 5.91 Å². The lowest BCUT2D eigenvalue weighted by atomic mass is 9.94. The highest BCUT2D eigenvalue weighted by Crippen LogP contribution is 2.32. The first-order chi connectivity index (χ1) is 16.9. The van der Waals surface area contributed by atoms with E-state index in [4.69, 9.17) is 14.2 Å². The van der Waals surface area contributed by atoms with Crippen LogP contribution in [0.1, 0.15) is 43.0 Å². The average Bonchev–Trinajstić information content (AvgIpc) is 2.86. The van der Waals surface area contributed by atoms with E-state index in [1.807, 2.05) is 12.1 Å². The number of rotatable bonds is 6. The van der Waals surface area contributed by atoms with Crippen molar-refractivity contribution in [3.8, 4) is 11.5 Å². The summed E-state index contributed by atoms with van der Waals surface area (Å²) < 4.78 is 17.4. The van der Waals surface area contributed by atoms with E-state index in [1.54, 1.807) is 56.3 Å². The number of carbonyl (C=O) groups excluding carboxylic acids is 3. The number of carbonyl (C=O) groups is 3. The van der Waals surface area contributed by atoms with Gasteiger partial charge in [0, 0.05) is 30.9 Å². The molecule has 0 unspecified atom stereocenters. The minimum atomic E-state index is -0.361. The molecule has 3 amide bonds. The molecule has 9 nitrogen and oxygen atoms in total. The van der Waals surface area contributed by atoms with Gasteiger partial charge in [-0.05, 0) is 43.2 Å². The number of nitrogens with zero attached hydrogens (tertiary/aromatic N) is 1. The molecule has 2 aromatic carbocycles. The zero-order chi connectivity index (χ0) is 24.9. The third kappa shape index (κ3) is 5.74. The zero-order valence-corrected chi connectivity index (χ0v) is 20.2. The Balaban J connectivity index is 1.42. The molecule has 2 aromatic rings. The highest BCUT2D eigenvalue weighted by atomic mass is 16.5. The summed E-state index contributed by atoms with van der Waals surface area (Å²) in [7, 11) is 3.33. The Kier molecular flexibility index (Phi) is 7.55. The molecule has 2 aliphatic heterocycles. The van der Waals surface area contributed by atoms with Crippen LogP contribution in [-0.4, -0.2) is 61.6 Å². The Labute approximate surface area is 204 Å². The maximum absolute atomic E-state index is 13.3. The second-order valence-electron chi connectivity index (χ2n) is 8.77. The van der Waals surface area contributed by atoms with Crippen LogP contribution in [0.5, 0.6) is 11.5 Å². The molecule has 0 saturated carbocycles. The Morgan fingerprint density at radius 2 is 1.86 bits per heavy atom. The molecule has 0 aromatic heterocycles. The minimum absolute atomic E-state index is 0.125. The summed E-state index contributed by atoms with van der Waals surface area (Å²) in [5.74, 6) is 0.639. The van der Waals surface area contributed by atoms with E-state index in [9.17, 15) is 14.4 Å². The molecule has 0 aliphatic carbocycles. The number of ether oxygens (including phenoxy) is 3. The molecule has 3 atom stereocenters. The van der Waals surface area contributed by atoms with Gasteiger partial charge >= 0.3 is 0 Å². The number of amides is 3. The topological polar surface area (TPSA) is 106 Å². The van der Waals surface area contributed by atoms with Crippen LogP contribution in [0.4, 0.5) is 11.4 Å². The SMILES string of the molecule is CCC(=O)Nc1ccc2c(c1)C(=O)N(C)[C@@H]1CC[C@@H](CC(=O)Nc3cccc(OC)c3)O[C@@H]1CO2. The van der Waals surface area contributed by atoms with Crippen LogP contribution in [0.3, 0.4) is 0 Å². The van der Waals surface area contributed by atoms with Gasteiger partial charge in [-0.25, -0.2) is 0 Å². The van der Waals surface area contributed by atoms with Crippen molar-refractivity contribution in [3.05, 3.63) is 48.0 Å². The number of fused-ring (bicyclic) bond motifs is 2. The highest BCUT2D eigenvalue weighted by molar-refractivity contribution is 5.99. The van der Waals surface area contributed by atoms with Crippen LogP contribution in [0.15, 0.2) is 42.5 Å². The predicted octanol–water partition coefficient (Wildman–Crippen LogP) is 3.45. The fraction of sp³-hybridized carbons (Fsp3) is 0.423. The van der Waals surface area contributed by atoms with Crippen LogP contribution < -0.4 is 20.1 Å². The summed E-state index contributed by atoms with van der Waals surface area (Å²) in [6.45, 7) is 2.02. The number of benzene rings is 2. The van der Waals surface area contributed by atoms with Gasteiger partial charge in [0.05, 0.1) is 31.2 Å². The lowest BCUT2D eigenvalue weighted by Gasteiger charge is -2.42. The molecule has 2 aliphatic rings. The quantitative estimate of drug-likeness (QED) is 0.655. The first-order valence-corrected chi connectivity index (χ1v) is 11.8. The molecule has 4 rings (SSSR count). The van der Waals surface area contributed by atoms with Crippen LogP contribution >= 0.6 is 0 Å². The maximum atomic E-state index is 13.3. The van der Waals surface area contributed by atoms with Crippen molar-refractivity contribution >= 4 is 29.1 Å². The molecule has 0 radical (unpaired) electrons. The maximum Gasteiger partial charge on any atom is 0.257 e. The summed E-state index contributed by atoms with van der Waals surface area (Å²) in [5, 5.41) is 5.67. The molecule has 0 bridgehead atoms. The lowest BCUT2D eigenvalue weighted by Crippen LogP contribution is -2.53. The number of hydrogen-bond acceptors (Lipinski definition) is 6. The largest absolute Gasteiger partial charge is 0.497 e. The van der Waals surface area contributed by atoms with Gasteiger partial charge < -0.3 is 29.7 Å². The van der Waals surface area contributed by atoms with Crippen molar-refractivity contribution in [1.82, 2.24) is 4.90 Å². The molecule has 35 heavy (non-hydrogen) atoms. The summed E-state index contributed by atoms with van der Waals surface area (Å²) in [4.78, 5) is 39.3. The number of likely N-dealkylation sites (N-methyl/N-ethyl adjacent to an activating group) is 1. The van der Waals surface area contributed by atoms with Crippen molar-refractivity contribution in [2.75, 3.05) is 31.4 Å². The van der Waals surface area contributed by atoms with E-state index in [2.05, 4.69) is 10.6 Å². The summed E-state index contributed by atoms with van der Waals surface area (Å²) in [6, 6.07) is 12.1. The normalized spacial score (nSPS) is 21.5. The number of methoxy groups -OCH3 is 1. The van der Waals surface area contributed by atoms with Crippen molar-refractivity contribution in [1.29, 1.82) is 0 Å².